The fourth-order valence-corrected chi connectivity index (χ4v) is 2.05. The molecule has 1 saturated heterocycles. The molecule has 0 unspecified atom stereocenters. The number of hydrogen-bond donors (Lipinski definition) is 0. The largest absolute Gasteiger partial charge is 0.459 e. The van der Waals surface area contributed by atoms with E-state index in [0.29, 0.717) is 6.04 Å². The molecule has 88 valence electrons. The van der Waals surface area contributed by atoms with E-state index in [1.165, 1.54) is 12.8 Å². The Bertz CT molecular complexity index is 232. The van der Waals surface area contributed by atoms with Gasteiger partial charge in [-0.1, -0.05) is 0 Å². The van der Waals surface area contributed by atoms with Gasteiger partial charge in [0.05, 0.1) is 0 Å². The minimum absolute atomic E-state index is 0.101. The second-order valence-corrected chi connectivity index (χ2v) is 5.44. The zero-order chi connectivity index (χ0) is 11.6. The molecule has 0 amide bonds. The number of hydrogen-bond acceptors (Lipinski definition) is 3. The van der Waals surface area contributed by atoms with Crippen LogP contribution in [0.25, 0.3) is 0 Å². The minimum Gasteiger partial charge on any atom is -0.459 e. The smallest absolute Gasteiger partial charge is 0.323 e. The van der Waals surface area contributed by atoms with Crippen molar-refractivity contribution in [3.05, 3.63) is 0 Å². The maximum absolute atomic E-state index is 11.8. The molecular weight excluding hydrogens is 190 g/mol. The second kappa shape index (κ2) is 4.52. The summed E-state index contributed by atoms with van der Waals surface area (Å²) in [7, 11) is 0. The van der Waals surface area contributed by atoms with Gasteiger partial charge in [-0.3, -0.25) is 9.69 Å². The van der Waals surface area contributed by atoms with Gasteiger partial charge in [-0.05, 0) is 54.0 Å². The predicted octanol–water partition coefficient (Wildman–Crippen LogP) is 2.20. The van der Waals surface area contributed by atoms with Crippen LogP contribution in [0.3, 0.4) is 0 Å². The summed E-state index contributed by atoms with van der Waals surface area (Å²) in [6.07, 6.45) is 2.38. The Labute approximate surface area is 92.8 Å². The van der Waals surface area contributed by atoms with E-state index in [4.69, 9.17) is 4.74 Å². The van der Waals surface area contributed by atoms with E-state index in [1.807, 2.05) is 27.7 Å². The van der Waals surface area contributed by atoms with Crippen LogP contribution in [0.4, 0.5) is 0 Å². The van der Waals surface area contributed by atoms with E-state index in [1.54, 1.807) is 0 Å². The lowest BCUT2D eigenvalue weighted by atomic mass is 10.2. The van der Waals surface area contributed by atoms with Crippen molar-refractivity contribution in [2.45, 2.75) is 65.1 Å². The molecule has 1 aliphatic rings. The molecule has 0 saturated carbocycles. The van der Waals surface area contributed by atoms with Gasteiger partial charge in [-0.2, -0.15) is 0 Å². The van der Waals surface area contributed by atoms with Crippen molar-refractivity contribution in [2.24, 2.45) is 0 Å². The van der Waals surface area contributed by atoms with Crippen molar-refractivity contribution in [2.75, 3.05) is 6.54 Å². The fraction of sp³-hybridized carbons (Fsp3) is 0.917. The third kappa shape index (κ3) is 3.49. The number of rotatable bonds is 2. The number of ether oxygens (including phenoxy) is 1. The number of likely N-dealkylation sites (tertiary alicyclic amines) is 1. The van der Waals surface area contributed by atoms with E-state index in [-0.39, 0.29) is 17.6 Å². The fourth-order valence-electron chi connectivity index (χ4n) is 2.05. The van der Waals surface area contributed by atoms with Gasteiger partial charge in [0, 0.05) is 6.04 Å². The van der Waals surface area contributed by atoms with Gasteiger partial charge in [0.2, 0.25) is 0 Å². The van der Waals surface area contributed by atoms with Crippen molar-refractivity contribution in [1.29, 1.82) is 0 Å². The van der Waals surface area contributed by atoms with Gasteiger partial charge >= 0.3 is 5.97 Å². The highest BCUT2D eigenvalue weighted by Crippen LogP contribution is 2.21. The standard InChI is InChI=1S/C12H23NO2/c1-9-7-6-8-13(9)10(2)11(14)15-12(3,4)5/h9-10H,6-8H2,1-5H3/t9-,10+/m1/s1. The molecule has 0 aromatic carbocycles. The Morgan fingerprint density at radius 1 is 1.47 bits per heavy atom. The van der Waals surface area contributed by atoms with Gasteiger partial charge in [0.15, 0.2) is 0 Å². The molecule has 1 rings (SSSR count). The van der Waals surface area contributed by atoms with Crippen LogP contribution in [0, 0.1) is 0 Å². The highest BCUT2D eigenvalue weighted by atomic mass is 16.6. The summed E-state index contributed by atoms with van der Waals surface area (Å²) in [6, 6.07) is 0.397. The molecular formula is C12H23NO2. The van der Waals surface area contributed by atoms with Crippen molar-refractivity contribution in [1.82, 2.24) is 4.90 Å². The lowest BCUT2D eigenvalue weighted by Gasteiger charge is -2.29. The van der Waals surface area contributed by atoms with Crippen LogP contribution in [0.15, 0.2) is 0 Å². The summed E-state index contributed by atoms with van der Waals surface area (Å²) in [5.74, 6) is -0.101. The van der Waals surface area contributed by atoms with Crippen molar-refractivity contribution >= 4 is 5.97 Å². The van der Waals surface area contributed by atoms with Crippen LogP contribution in [0.2, 0.25) is 0 Å². The van der Waals surface area contributed by atoms with Crippen molar-refractivity contribution < 1.29 is 9.53 Å². The Morgan fingerprint density at radius 2 is 2.07 bits per heavy atom. The average Bonchev–Trinajstić information content (AvgIpc) is 2.47. The molecule has 15 heavy (non-hydrogen) atoms. The highest BCUT2D eigenvalue weighted by Gasteiger charge is 2.31. The molecule has 0 radical (unpaired) electrons. The Morgan fingerprint density at radius 3 is 2.47 bits per heavy atom. The van der Waals surface area contributed by atoms with Crippen LogP contribution in [-0.4, -0.2) is 35.1 Å². The molecule has 1 heterocycles. The molecule has 1 fully saturated rings. The highest BCUT2D eigenvalue weighted by molar-refractivity contribution is 5.75. The minimum atomic E-state index is -0.381. The van der Waals surface area contributed by atoms with E-state index < -0.39 is 0 Å². The summed E-state index contributed by atoms with van der Waals surface area (Å²) < 4.78 is 5.38. The van der Waals surface area contributed by atoms with Crippen LogP contribution >= 0.6 is 0 Å². The zero-order valence-corrected chi connectivity index (χ0v) is 10.5. The first-order valence-corrected chi connectivity index (χ1v) is 5.80. The first-order valence-electron chi connectivity index (χ1n) is 5.80. The summed E-state index contributed by atoms with van der Waals surface area (Å²) in [5.41, 5.74) is -0.381. The quantitative estimate of drug-likeness (QED) is 0.659. The molecule has 0 N–H and O–H groups in total. The van der Waals surface area contributed by atoms with E-state index in [0.717, 1.165) is 6.54 Å². The SMILES string of the molecule is C[C@@H]1CCCN1[C@@H](C)C(=O)OC(C)(C)C. The van der Waals surface area contributed by atoms with Crippen LogP contribution in [0.5, 0.6) is 0 Å². The topological polar surface area (TPSA) is 29.5 Å². The van der Waals surface area contributed by atoms with Crippen LogP contribution in [0.1, 0.15) is 47.5 Å². The summed E-state index contributed by atoms with van der Waals surface area (Å²) >= 11 is 0. The van der Waals surface area contributed by atoms with E-state index in [9.17, 15) is 4.79 Å². The zero-order valence-electron chi connectivity index (χ0n) is 10.5. The van der Waals surface area contributed by atoms with Gasteiger partial charge < -0.3 is 4.74 Å². The van der Waals surface area contributed by atoms with Gasteiger partial charge in [0.1, 0.15) is 11.6 Å². The first kappa shape index (κ1) is 12.5. The summed E-state index contributed by atoms with van der Waals surface area (Å²) in [4.78, 5) is 14.1. The van der Waals surface area contributed by atoms with E-state index >= 15 is 0 Å². The Balaban J connectivity index is 2.52. The maximum atomic E-state index is 11.8. The molecule has 3 nitrogen and oxygen atoms in total. The normalized spacial score (nSPS) is 25.3. The number of nitrogens with zero attached hydrogens (tertiary/aromatic N) is 1. The third-order valence-electron chi connectivity index (χ3n) is 2.85. The third-order valence-corrected chi connectivity index (χ3v) is 2.85. The first-order chi connectivity index (χ1) is 6.81. The maximum Gasteiger partial charge on any atom is 0.323 e. The van der Waals surface area contributed by atoms with E-state index in [2.05, 4.69) is 11.8 Å². The molecule has 1 aliphatic heterocycles. The van der Waals surface area contributed by atoms with Crippen LogP contribution in [-0.2, 0) is 9.53 Å². The number of carbonyl (C=O) groups is 1. The van der Waals surface area contributed by atoms with Gasteiger partial charge in [0.25, 0.3) is 0 Å². The summed E-state index contributed by atoms with van der Waals surface area (Å²) in [6.45, 7) is 10.9. The molecule has 2 atom stereocenters. The lowest BCUT2D eigenvalue weighted by Crippen LogP contribution is -2.44. The average molecular weight is 213 g/mol. The summed E-state index contributed by atoms with van der Waals surface area (Å²) in [5, 5.41) is 0. The van der Waals surface area contributed by atoms with Crippen LogP contribution < -0.4 is 0 Å². The molecule has 0 spiro atoms. The molecule has 0 aromatic rings. The van der Waals surface area contributed by atoms with Gasteiger partial charge in [-0.15, -0.1) is 0 Å². The molecule has 0 aliphatic carbocycles. The number of esters is 1. The molecule has 0 bridgehead atoms. The molecule has 0 aromatic heterocycles. The van der Waals surface area contributed by atoms with Gasteiger partial charge in [-0.25, -0.2) is 0 Å². The lowest BCUT2D eigenvalue weighted by molar-refractivity contribution is -0.161. The Hall–Kier alpha value is -0.570. The van der Waals surface area contributed by atoms with Crippen molar-refractivity contribution in [3.8, 4) is 0 Å². The molecule has 3 heteroatoms. The van der Waals surface area contributed by atoms with Crippen molar-refractivity contribution in [3.63, 3.8) is 0 Å². The monoisotopic (exact) mass is 213 g/mol. The second-order valence-electron chi connectivity index (χ2n) is 5.44. The predicted molar refractivity (Wildman–Crippen MR) is 60.7 cm³/mol. The number of carbonyl (C=O) groups excluding carboxylic acids is 1. The Kier molecular flexibility index (Phi) is 3.77.